The van der Waals surface area contributed by atoms with E-state index >= 15 is 0 Å². The van der Waals surface area contributed by atoms with E-state index in [4.69, 9.17) is 11.6 Å². The summed E-state index contributed by atoms with van der Waals surface area (Å²) < 4.78 is 15.3. The third-order valence-corrected chi connectivity index (χ3v) is 5.94. The summed E-state index contributed by atoms with van der Waals surface area (Å²) in [4.78, 5) is 29.0. The van der Waals surface area contributed by atoms with Gasteiger partial charge in [-0.3, -0.25) is 14.9 Å². The van der Waals surface area contributed by atoms with Gasteiger partial charge in [0.05, 0.1) is 10.6 Å². The number of nitrogens with zero attached hydrogens (tertiary/aromatic N) is 3. The molecule has 0 N–H and O–H groups in total. The Kier molecular flexibility index (Phi) is 6.79. The normalized spacial score (nSPS) is 11.7. The summed E-state index contributed by atoms with van der Waals surface area (Å²) in [6.45, 7) is 4.55. The number of benzene rings is 2. The average Bonchev–Trinajstić information content (AvgIpc) is 3.05. The Balaban J connectivity index is 2.13. The van der Waals surface area contributed by atoms with Gasteiger partial charge in [-0.2, -0.15) is 4.99 Å². The molecule has 2 aromatic carbocycles. The van der Waals surface area contributed by atoms with Crippen LogP contribution in [0.2, 0.25) is 5.02 Å². The highest BCUT2D eigenvalue weighted by Crippen LogP contribution is 2.28. The molecule has 0 aliphatic carbocycles. The second kappa shape index (κ2) is 9.32. The van der Waals surface area contributed by atoms with E-state index in [2.05, 4.69) is 11.9 Å². The molecule has 0 radical (unpaired) electrons. The molecule has 0 saturated carbocycles. The number of aromatic nitrogens is 1. The molecule has 0 spiro atoms. The summed E-state index contributed by atoms with van der Waals surface area (Å²) in [7, 11) is 0. The molecule has 0 saturated heterocycles. The molecule has 1 aromatic heterocycles. The number of carbonyl (C=O) groups excluding carboxylic acids is 1. The maximum Gasteiger partial charge on any atom is 0.288 e. The molecule has 3 rings (SSSR count). The molecule has 3 aromatic rings. The SMILES string of the molecule is CCCc1sc(=NC(=O)c2ccc(Cl)c([N+](=O)[O-])c2)n(CC)c1-c1ccc(F)cc1. The van der Waals surface area contributed by atoms with Crippen LogP contribution < -0.4 is 4.80 Å². The fourth-order valence-electron chi connectivity index (χ4n) is 3.09. The molecule has 0 atom stereocenters. The van der Waals surface area contributed by atoms with Crippen molar-refractivity contribution in [1.82, 2.24) is 4.57 Å². The fourth-order valence-corrected chi connectivity index (χ4v) is 4.59. The van der Waals surface area contributed by atoms with Crippen LogP contribution in [0.1, 0.15) is 35.5 Å². The number of nitro benzene ring substituents is 1. The maximum atomic E-state index is 13.4. The van der Waals surface area contributed by atoms with E-state index in [1.54, 1.807) is 12.1 Å². The van der Waals surface area contributed by atoms with Crippen LogP contribution in [0.25, 0.3) is 11.3 Å². The number of nitro groups is 1. The number of carbonyl (C=O) groups is 1. The van der Waals surface area contributed by atoms with Gasteiger partial charge in [0.2, 0.25) is 0 Å². The zero-order valence-corrected chi connectivity index (χ0v) is 18.0. The van der Waals surface area contributed by atoms with Crippen LogP contribution in [-0.4, -0.2) is 15.4 Å². The minimum atomic E-state index is -0.636. The molecule has 0 bridgehead atoms. The number of thiazole rings is 1. The van der Waals surface area contributed by atoms with Crippen LogP contribution in [0.5, 0.6) is 0 Å². The van der Waals surface area contributed by atoms with Gasteiger partial charge in [-0.05, 0) is 55.3 Å². The third kappa shape index (κ3) is 4.49. The van der Waals surface area contributed by atoms with Gasteiger partial charge in [0, 0.05) is 23.1 Å². The maximum absolute atomic E-state index is 13.4. The second-order valence-electron chi connectivity index (χ2n) is 6.50. The highest BCUT2D eigenvalue weighted by Gasteiger charge is 2.18. The minimum absolute atomic E-state index is 0.0416. The number of aryl methyl sites for hydroxylation is 1. The average molecular weight is 448 g/mol. The lowest BCUT2D eigenvalue weighted by atomic mass is 10.1. The van der Waals surface area contributed by atoms with Gasteiger partial charge < -0.3 is 4.57 Å². The Hall–Kier alpha value is -2.84. The van der Waals surface area contributed by atoms with Crippen LogP contribution in [0.4, 0.5) is 10.1 Å². The topological polar surface area (TPSA) is 77.5 Å². The van der Waals surface area contributed by atoms with E-state index < -0.39 is 10.8 Å². The molecule has 0 fully saturated rings. The molecule has 0 aliphatic heterocycles. The van der Waals surface area contributed by atoms with Gasteiger partial charge in [-0.1, -0.05) is 24.9 Å². The first-order valence-corrected chi connectivity index (χ1v) is 10.6. The lowest BCUT2D eigenvalue weighted by Gasteiger charge is -2.09. The Morgan fingerprint density at radius 2 is 1.93 bits per heavy atom. The summed E-state index contributed by atoms with van der Waals surface area (Å²) in [5, 5.41) is 11.1. The first-order chi connectivity index (χ1) is 14.3. The first-order valence-electron chi connectivity index (χ1n) is 9.37. The van der Waals surface area contributed by atoms with Crippen molar-refractivity contribution >= 4 is 34.5 Å². The van der Waals surface area contributed by atoms with Crippen molar-refractivity contribution in [2.24, 2.45) is 4.99 Å². The Morgan fingerprint density at radius 1 is 1.23 bits per heavy atom. The van der Waals surface area contributed by atoms with E-state index in [0.29, 0.717) is 11.3 Å². The van der Waals surface area contributed by atoms with E-state index in [0.717, 1.165) is 35.0 Å². The number of hydrogen-bond acceptors (Lipinski definition) is 4. The second-order valence-corrected chi connectivity index (χ2v) is 7.97. The zero-order valence-electron chi connectivity index (χ0n) is 16.4. The van der Waals surface area contributed by atoms with Crippen molar-refractivity contribution < 1.29 is 14.1 Å². The van der Waals surface area contributed by atoms with Crippen molar-refractivity contribution in [1.29, 1.82) is 0 Å². The third-order valence-electron chi connectivity index (χ3n) is 4.48. The minimum Gasteiger partial charge on any atom is -0.316 e. The molecule has 6 nitrogen and oxygen atoms in total. The van der Waals surface area contributed by atoms with E-state index in [1.165, 1.54) is 35.6 Å². The smallest absolute Gasteiger partial charge is 0.288 e. The summed E-state index contributed by atoms with van der Waals surface area (Å²) in [5.74, 6) is -0.912. The predicted octanol–water partition coefficient (Wildman–Crippen LogP) is 5.63. The summed E-state index contributed by atoms with van der Waals surface area (Å²) >= 11 is 7.22. The van der Waals surface area contributed by atoms with Gasteiger partial charge in [-0.15, -0.1) is 11.3 Å². The van der Waals surface area contributed by atoms with Gasteiger partial charge in [0.1, 0.15) is 10.8 Å². The van der Waals surface area contributed by atoms with Crippen molar-refractivity contribution in [3.8, 4) is 11.3 Å². The van der Waals surface area contributed by atoms with Crippen molar-refractivity contribution in [3.63, 3.8) is 0 Å². The number of halogens is 2. The van der Waals surface area contributed by atoms with Crippen LogP contribution in [0, 0.1) is 15.9 Å². The molecule has 30 heavy (non-hydrogen) atoms. The Morgan fingerprint density at radius 3 is 2.53 bits per heavy atom. The van der Waals surface area contributed by atoms with Gasteiger partial charge in [0.25, 0.3) is 11.6 Å². The van der Waals surface area contributed by atoms with E-state index in [1.807, 2.05) is 11.5 Å². The summed E-state index contributed by atoms with van der Waals surface area (Å²) in [6.07, 6.45) is 1.68. The Bertz CT molecular complexity index is 1170. The lowest BCUT2D eigenvalue weighted by molar-refractivity contribution is -0.384. The molecule has 0 unspecified atom stereocenters. The van der Waals surface area contributed by atoms with Crippen molar-refractivity contribution in [2.75, 3.05) is 0 Å². The Labute approximate surface area is 181 Å². The van der Waals surface area contributed by atoms with E-state index in [-0.39, 0.29) is 22.1 Å². The van der Waals surface area contributed by atoms with E-state index in [9.17, 15) is 19.3 Å². The molecule has 1 heterocycles. The highest BCUT2D eigenvalue weighted by molar-refractivity contribution is 7.09. The molecule has 156 valence electrons. The number of hydrogen-bond donors (Lipinski definition) is 0. The molecule has 1 amide bonds. The molecular formula is C21H19ClFN3O3S. The quantitative estimate of drug-likeness (QED) is 0.363. The zero-order chi connectivity index (χ0) is 21.8. The van der Waals surface area contributed by atoms with Crippen LogP contribution in [-0.2, 0) is 13.0 Å². The van der Waals surface area contributed by atoms with Crippen LogP contribution in [0.3, 0.4) is 0 Å². The summed E-state index contributed by atoms with van der Waals surface area (Å²) in [5.41, 5.74) is 1.49. The molecular weight excluding hydrogens is 429 g/mol. The number of rotatable bonds is 6. The van der Waals surface area contributed by atoms with Gasteiger partial charge in [0.15, 0.2) is 4.80 Å². The standard InChI is InChI=1S/C21H19ClFN3O3S/c1-3-5-18-19(13-6-9-15(23)10-7-13)25(4-2)21(30-18)24-20(27)14-8-11-16(22)17(12-14)26(28)29/h6-12H,3-5H2,1-2H3. The van der Waals surface area contributed by atoms with Crippen molar-refractivity contribution in [3.05, 3.63) is 78.7 Å². The summed E-state index contributed by atoms with van der Waals surface area (Å²) in [6, 6.07) is 10.1. The lowest BCUT2D eigenvalue weighted by Crippen LogP contribution is -2.17. The van der Waals surface area contributed by atoms with Crippen molar-refractivity contribution in [2.45, 2.75) is 33.2 Å². The molecule has 9 heteroatoms. The van der Waals surface area contributed by atoms with Gasteiger partial charge >= 0.3 is 0 Å². The number of amides is 1. The highest BCUT2D eigenvalue weighted by atomic mass is 35.5. The monoisotopic (exact) mass is 447 g/mol. The van der Waals surface area contributed by atoms with Gasteiger partial charge in [-0.25, -0.2) is 4.39 Å². The molecule has 0 aliphatic rings. The van der Waals surface area contributed by atoms with Crippen LogP contribution >= 0.6 is 22.9 Å². The van der Waals surface area contributed by atoms with Crippen LogP contribution in [0.15, 0.2) is 47.5 Å². The predicted molar refractivity (Wildman–Crippen MR) is 115 cm³/mol. The fraction of sp³-hybridized carbons (Fsp3) is 0.238. The largest absolute Gasteiger partial charge is 0.316 e. The first kappa shape index (κ1) is 21.9.